The first-order chi connectivity index (χ1) is 7.54. The predicted molar refractivity (Wildman–Crippen MR) is 79.2 cm³/mol. The molecular formula is C14H24BrNO. The van der Waals surface area contributed by atoms with Gasteiger partial charge in [0.05, 0.1) is 0 Å². The lowest BCUT2D eigenvalue weighted by Gasteiger charge is -2.26. The molecule has 1 rings (SSSR count). The average molecular weight is 302 g/mol. The van der Waals surface area contributed by atoms with Crippen molar-refractivity contribution < 1.29 is 5.11 Å². The van der Waals surface area contributed by atoms with Crippen LogP contribution >= 0.6 is 17.0 Å². The second-order valence-corrected chi connectivity index (χ2v) is 4.85. The summed E-state index contributed by atoms with van der Waals surface area (Å²) in [6.07, 6.45) is 1.11. The Morgan fingerprint density at radius 3 is 2.41 bits per heavy atom. The number of rotatable bonds is 5. The van der Waals surface area contributed by atoms with Crippen LogP contribution < -0.4 is 0 Å². The van der Waals surface area contributed by atoms with Crippen LogP contribution in [0.5, 0.6) is 5.75 Å². The molecule has 98 valence electrons. The lowest BCUT2D eigenvalue weighted by atomic mass is 9.85. The van der Waals surface area contributed by atoms with Gasteiger partial charge in [0.2, 0.25) is 0 Å². The largest absolute Gasteiger partial charge is 0.508 e. The van der Waals surface area contributed by atoms with Crippen LogP contribution in [-0.4, -0.2) is 30.6 Å². The van der Waals surface area contributed by atoms with Crippen LogP contribution in [0.1, 0.15) is 31.7 Å². The average Bonchev–Trinajstić information content (AvgIpc) is 2.17. The van der Waals surface area contributed by atoms with Gasteiger partial charge in [-0.25, -0.2) is 0 Å². The van der Waals surface area contributed by atoms with Gasteiger partial charge in [-0.2, -0.15) is 0 Å². The zero-order valence-electron chi connectivity index (χ0n) is 11.2. The first kappa shape index (κ1) is 16.5. The molecule has 0 aromatic heterocycles. The molecule has 3 heteroatoms. The van der Waals surface area contributed by atoms with Gasteiger partial charge in [0.25, 0.3) is 0 Å². The molecule has 2 atom stereocenters. The highest BCUT2D eigenvalue weighted by Gasteiger charge is 2.18. The van der Waals surface area contributed by atoms with Crippen molar-refractivity contribution >= 4 is 17.0 Å². The van der Waals surface area contributed by atoms with E-state index in [9.17, 15) is 5.11 Å². The van der Waals surface area contributed by atoms with Gasteiger partial charge in [0.1, 0.15) is 5.75 Å². The first-order valence-corrected chi connectivity index (χ1v) is 5.98. The number of aromatic hydroxyl groups is 1. The van der Waals surface area contributed by atoms with Gasteiger partial charge >= 0.3 is 0 Å². The molecule has 0 saturated heterocycles. The van der Waals surface area contributed by atoms with E-state index < -0.39 is 0 Å². The van der Waals surface area contributed by atoms with Crippen molar-refractivity contribution in [2.24, 2.45) is 5.92 Å². The van der Waals surface area contributed by atoms with Crippen molar-refractivity contribution in [2.45, 2.75) is 26.2 Å². The molecule has 0 radical (unpaired) electrons. The summed E-state index contributed by atoms with van der Waals surface area (Å²) in [7, 11) is 4.21. The van der Waals surface area contributed by atoms with E-state index in [0.717, 1.165) is 13.0 Å². The zero-order valence-corrected chi connectivity index (χ0v) is 12.9. The van der Waals surface area contributed by atoms with E-state index in [1.807, 2.05) is 12.1 Å². The standard InChI is InChI=1S/C14H23NO.BrH/c1-5-14(11(2)10-15(3)4)12-7-6-8-13(16)9-12;/h6-9,11,14,16H,5,10H2,1-4H3;1H/t11-,14+;/m0./s1. The quantitative estimate of drug-likeness (QED) is 0.897. The van der Waals surface area contributed by atoms with Crippen molar-refractivity contribution in [3.8, 4) is 5.75 Å². The molecule has 0 saturated carbocycles. The highest BCUT2D eigenvalue weighted by atomic mass is 79.9. The third-order valence-corrected chi connectivity index (χ3v) is 3.08. The zero-order chi connectivity index (χ0) is 12.1. The molecule has 1 aromatic carbocycles. The van der Waals surface area contributed by atoms with Gasteiger partial charge in [-0.1, -0.05) is 26.0 Å². The minimum Gasteiger partial charge on any atom is -0.508 e. The maximum Gasteiger partial charge on any atom is 0.115 e. The molecule has 1 aromatic rings. The summed E-state index contributed by atoms with van der Waals surface area (Å²) < 4.78 is 0. The summed E-state index contributed by atoms with van der Waals surface area (Å²) in [6.45, 7) is 5.56. The van der Waals surface area contributed by atoms with Crippen LogP contribution in [0.15, 0.2) is 24.3 Å². The van der Waals surface area contributed by atoms with Gasteiger partial charge in [0, 0.05) is 6.54 Å². The van der Waals surface area contributed by atoms with Crippen LogP contribution in [0.3, 0.4) is 0 Å². The fraction of sp³-hybridized carbons (Fsp3) is 0.571. The van der Waals surface area contributed by atoms with Gasteiger partial charge < -0.3 is 10.0 Å². The van der Waals surface area contributed by atoms with Crippen LogP contribution in [0.2, 0.25) is 0 Å². The SMILES string of the molecule is Br.CC[C@@H](c1cccc(O)c1)[C@@H](C)CN(C)C. The van der Waals surface area contributed by atoms with Crippen LogP contribution in [0.4, 0.5) is 0 Å². The predicted octanol–water partition coefficient (Wildman–Crippen LogP) is 3.66. The van der Waals surface area contributed by atoms with Crippen molar-refractivity contribution in [1.29, 1.82) is 0 Å². The molecule has 0 fully saturated rings. The molecule has 0 aliphatic heterocycles. The number of hydrogen-bond donors (Lipinski definition) is 1. The Balaban J connectivity index is 0.00000256. The minimum absolute atomic E-state index is 0. The number of benzene rings is 1. The third kappa shape index (κ3) is 5.09. The normalized spacial score (nSPS) is 14.2. The third-order valence-electron chi connectivity index (χ3n) is 3.08. The molecule has 0 heterocycles. The summed E-state index contributed by atoms with van der Waals surface area (Å²) in [5.41, 5.74) is 1.25. The molecule has 0 unspecified atom stereocenters. The number of nitrogens with zero attached hydrogens (tertiary/aromatic N) is 1. The smallest absolute Gasteiger partial charge is 0.115 e. The van der Waals surface area contributed by atoms with E-state index in [4.69, 9.17) is 0 Å². The molecule has 0 aliphatic rings. The van der Waals surface area contributed by atoms with Gasteiger partial charge in [0.15, 0.2) is 0 Å². The molecule has 2 nitrogen and oxygen atoms in total. The number of hydrogen-bond acceptors (Lipinski definition) is 2. The van der Waals surface area contributed by atoms with Crippen molar-refractivity contribution in [3.63, 3.8) is 0 Å². The van der Waals surface area contributed by atoms with E-state index in [1.54, 1.807) is 6.07 Å². The van der Waals surface area contributed by atoms with E-state index in [2.05, 4.69) is 38.9 Å². The van der Waals surface area contributed by atoms with Crippen molar-refractivity contribution in [2.75, 3.05) is 20.6 Å². The van der Waals surface area contributed by atoms with E-state index in [0.29, 0.717) is 17.6 Å². The number of phenols is 1. The second-order valence-electron chi connectivity index (χ2n) is 4.85. The lowest BCUT2D eigenvalue weighted by Crippen LogP contribution is -2.24. The second kappa shape index (κ2) is 7.72. The Hall–Kier alpha value is -0.540. The van der Waals surface area contributed by atoms with Crippen LogP contribution in [-0.2, 0) is 0 Å². The van der Waals surface area contributed by atoms with Gasteiger partial charge in [-0.3, -0.25) is 0 Å². The number of halogens is 1. The minimum atomic E-state index is 0. The molecule has 0 spiro atoms. The Bertz CT molecular complexity index is 328. The topological polar surface area (TPSA) is 23.5 Å². The Labute approximate surface area is 115 Å². The molecular weight excluding hydrogens is 278 g/mol. The molecule has 0 amide bonds. The number of phenolic OH excluding ortho intramolecular Hbond substituents is 1. The fourth-order valence-electron chi connectivity index (χ4n) is 2.43. The van der Waals surface area contributed by atoms with Gasteiger partial charge in [-0.15, -0.1) is 17.0 Å². The summed E-state index contributed by atoms with van der Waals surface area (Å²) in [6, 6.07) is 7.66. The summed E-state index contributed by atoms with van der Waals surface area (Å²) >= 11 is 0. The lowest BCUT2D eigenvalue weighted by molar-refractivity contribution is 0.301. The van der Waals surface area contributed by atoms with E-state index >= 15 is 0 Å². The molecule has 1 N–H and O–H groups in total. The molecule has 17 heavy (non-hydrogen) atoms. The Morgan fingerprint density at radius 1 is 1.29 bits per heavy atom. The van der Waals surface area contributed by atoms with Crippen LogP contribution in [0, 0.1) is 5.92 Å². The molecule has 0 aliphatic carbocycles. The van der Waals surface area contributed by atoms with Crippen LogP contribution in [0.25, 0.3) is 0 Å². The Kier molecular flexibility index (Phi) is 7.48. The Morgan fingerprint density at radius 2 is 1.94 bits per heavy atom. The molecule has 0 bridgehead atoms. The van der Waals surface area contributed by atoms with Gasteiger partial charge in [-0.05, 0) is 50.0 Å². The van der Waals surface area contributed by atoms with E-state index in [-0.39, 0.29) is 17.0 Å². The summed E-state index contributed by atoms with van der Waals surface area (Å²) in [5.74, 6) is 1.49. The highest BCUT2D eigenvalue weighted by molar-refractivity contribution is 8.93. The summed E-state index contributed by atoms with van der Waals surface area (Å²) in [4.78, 5) is 2.22. The van der Waals surface area contributed by atoms with E-state index in [1.165, 1.54) is 5.56 Å². The maximum absolute atomic E-state index is 9.51. The van der Waals surface area contributed by atoms with Crippen molar-refractivity contribution in [1.82, 2.24) is 4.90 Å². The monoisotopic (exact) mass is 301 g/mol. The summed E-state index contributed by atoms with van der Waals surface area (Å²) in [5, 5.41) is 9.51. The first-order valence-electron chi connectivity index (χ1n) is 5.98. The van der Waals surface area contributed by atoms with Crippen molar-refractivity contribution in [3.05, 3.63) is 29.8 Å². The highest BCUT2D eigenvalue weighted by Crippen LogP contribution is 2.30. The fourth-order valence-corrected chi connectivity index (χ4v) is 2.43. The maximum atomic E-state index is 9.51.